The van der Waals surface area contributed by atoms with Crippen LogP contribution in [0.4, 0.5) is 18.9 Å². The summed E-state index contributed by atoms with van der Waals surface area (Å²) in [7, 11) is 0. The summed E-state index contributed by atoms with van der Waals surface area (Å²) in [5, 5.41) is 11.0. The standard InChI is InChI=1S/C15H11F3N2O4S/c1-9-6-11(3-4-12(9)20(22)23)24-14(21)8-25-13-5-2-10(7-19-13)15(16,17)18/h2-7H,8H2,1H3. The number of aryl methyl sites for hydroxylation is 1. The van der Waals surface area contributed by atoms with Gasteiger partial charge in [-0.15, -0.1) is 0 Å². The number of thioether (sulfide) groups is 1. The number of nitro benzene ring substituents is 1. The molecule has 1 heterocycles. The molecule has 2 aromatic rings. The zero-order valence-electron chi connectivity index (χ0n) is 12.7. The first-order valence-electron chi connectivity index (χ1n) is 6.78. The number of halogens is 3. The summed E-state index contributed by atoms with van der Waals surface area (Å²) in [4.78, 5) is 25.6. The monoisotopic (exact) mass is 372 g/mol. The van der Waals surface area contributed by atoms with Crippen molar-refractivity contribution in [3.05, 3.63) is 57.8 Å². The normalized spacial score (nSPS) is 11.2. The number of hydrogen-bond donors (Lipinski definition) is 0. The smallest absolute Gasteiger partial charge is 0.417 e. The third-order valence-corrected chi connectivity index (χ3v) is 3.92. The van der Waals surface area contributed by atoms with Crippen molar-refractivity contribution in [2.45, 2.75) is 18.1 Å². The van der Waals surface area contributed by atoms with Crippen LogP contribution in [-0.4, -0.2) is 21.6 Å². The van der Waals surface area contributed by atoms with Gasteiger partial charge in [0.05, 0.1) is 21.3 Å². The summed E-state index contributed by atoms with van der Waals surface area (Å²) in [5.74, 6) is -0.678. The Morgan fingerprint density at radius 1 is 1.32 bits per heavy atom. The minimum absolute atomic E-state index is 0.0943. The highest BCUT2D eigenvalue weighted by Gasteiger charge is 2.30. The lowest BCUT2D eigenvalue weighted by Crippen LogP contribution is -2.11. The van der Waals surface area contributed by atoms with E-state index >= 15 is 0 Å². The highest BCUT2D eigenvalue weighted by Crippen LogP contribution is 2.29. The maximum atomic E-state index is 12.4. The molecule has 0 aliphatic rings. The van der Waals surface area contributed by atoms with Crippen LogP contribution in [-0.2, 0) is 11.0 Å². The molecule has 0 spiro atoms. The Labute approximate surface area is 144 Å². The first-order valence-corrected chi connectivity index (χ1v) is 7.77. The molecular weight excluding hydrogens is 361 g/mol. The van der Waals surface area contributed by atoms with Crippen molar-refractivity contribution < 1.29 is 27.6 Å². The van der Waals surface area contributed by atoms with Gasteiger partial charge in [0.25, 0.3) is 5.69 Å². The first kappa shape index (κ1) is 18.7. The molecule has 0 saturated carbocycles. The van der Waals surface area contributed by atoms with E-state index in [2.05, 4.69) is 4.98 Å². The van der Waals surface area contributed by atoms with E-state index < -0.39 is 22.6 Å². The molecule has 132 valence electrons. The quantitative estimate of drug-likeness (QED) is 0.259. The van der Waals surface area contributed by atoms with Crippen molar-refractivity contribution in [1.82, 2.24) is 4.98 Å². The average Bonchev–Trinajstić information content (AvgIpc) is 2.52. The molecule has 10 heteroatoms. The molecule has 0 aliphatic heterocycles. The number of nitrogens with zero attached hydrogens (tertiary/aromatic N) is 2. The predicted octanol–water partition coefficient (Wildman–Crippen LogP) is 4.01. The summed E-state index contributed by atoms with van der Waals surface area (Å²) in [6.45, 7) is 1.51. The van der Waals surface area contributed by atoms with E-state index in [-0.39, 0.29) is 22.2 Å². The Bertz CT molecular complexity index is 794. The zero-order valence-corrected chi connectivity index (χ0v) is 13.6. The third-order valence-electron chi connectivity index (χ3n) is 3.00. The van der Waals surface area contributed by atoms with E-state index in [1.807, 2.05) is 0 Å². The highest BCUT2D eigenvalue weighted by atomic mass is 32.2. The number of benzene rings is 1. The van der Waals surface area contributed by atoms with Gasteiger partial charge in [-0.2, -0.15) is 13.2 Å². The molecule has 0 amide bonds. The third kappa shape index (κ3) is 5.18. The number of nitro groups is 1. The van der Waals surface area contributed by atoms with Gasteiger partial charge < -0.3 is 4.74 Å². The van der Waals surface area contributed by atoms with Gasteiger partial charge in [-0.25, -0.2) is 4.98 Å². The zero-order chi connectivity index (χ0) is 18.6. The summed E-state index contributed by atoms with van der Waals surface area (Å²) in [5.41, 5.74) is -0.628. The summed E-state index contributed by atoms with van der Waals surface area (Å²) in [6, 6.07) is 5.92. The molecule has 0 unspecified atom stereocenters. The molecule has 0 radical (unpaired) electrons. The molecule has 6 nitrogen and oxygen atoms in total. The van der Waals surface area contributed by atoms with Gasteiger partial charge in [0.15, 0.2) is 0 Å². The van der Waals surface area contributed by atoms with Crippen molar-refractivity contribution in [2.24, 2.45) is 0 Å². The highest BCUT2D eigenvalue weighted by molar-refractivity contribution is 7.99. The van der Waals surface area contributed by atoms with Crippen LogP contribution in [0.5, 0.6) is 5.75 Å². The van der Waals surface area contributed by atoms with E-state index in [9.17, 15) is 28.1 Å². The maximum absolute atomic E-state index is 12.4. The number of aromatic nitrogens is 1. The minimum Gasteiger partial charge on any atom is -0.426 e. The van der Waals surface area contributed by atoms with Crippen LogP contribution in [0.25, 0.3) is 0 Å². The fourth-order valence-electron chi connectivity index (χ4n) is 1.82. The Morgan fingerprint density at radius 3 is 2.56 bits per heavy atom. The summed E-state index contributed by atoms with van der Waals surface area (Å²) >= 11 is 0.918. The van der Waals surface area contributed by atoms with Gasteiger partial charge in [-0.05, 0) is 31.2 Å². The molecule has 0 saturated heterocycles. The number of alkyl halides is 3. The largest absolute Gasteiger partial charge is 0.426 e. The lowest BCUT2D eigenvalue weighted by atomic mass is 10.2. The lowest BCUT2D eigenvalue weighted by Gasteiger charge is -2.07. The second kappa shape index (κ2) is 7.51. The molecule has 0 fully saturated rings. The molecule has 0 N–H and O–H groups in total. The van der Waals surface area contributed by atoms with Crippen LogP contribution in [0, 0.1) is 17.0 Å². The van der Waals surface area contributed by atoms with E-state index in [1.165, 1.54) is 25.1 Å². The number of ether oxygens (including phenoxy) is 1. The fraction of sp³-hybridized carbons (Fsp3) is 0.200. The topological polar surface area (TPSA) is 82.3 Å². The number of carbonyl (C=O) groups is 1. The van der Waals surface area contributed by atoms with Crippen LogP contribution in [0.3, 0.4) is 0 Å². The van der Waals surface area contributed by atoms with E-state index in [0.717, 1.165) is 23.9 Å². The fourth-order valence-corrected chi connectivity index (χ4v) is 2.44. The molecule has 0 atom stereocenters. The molecule has 0 aliphatic carbocycles. The van der Waals surface area contributed by atoms with Crippen molar-refractivity contribution in [2.75, 3.05) is 5.75 Å². The average molecular weight is 372 g/mol. The van der Waals surface area contributed by atoms with E-state index in [0.29, 0.717) is 11.8 Å². The van der Waals surface area contributed by atoms with Gasteiger partial charge in [0.2, 0.25) is 0 Å². The van der Waals surface area contributed by atoms with E-state index in [4.69, 9.17) is 4.74 Å². The summed E-state index contributed by atoms with van der Waals surface area (Å²) < 4.78 is 42.3. The van der Waals surface area contributed by atoms with Gasteiger partial charge in [-0.3, -0.25) is 14.9 Å². The number of hydrogen-bond acceptors (Lipinski definition) is 6. The van der Waals surface area contributed by atoms with Crippen molar-refractivity contribution >= 4 is 23.4 Å². The molecule has 0 bridgehead atoms. The van der Waals surface area contributed by atoms with Crippen LogP contribution in [0.1, 0.15) is 11.1 Å². The molecule has 25 heavy (non-hydrogen) atoms. The lowest BCUT2D eigenvalue weighted by molar-refractivity contribution is -0.385. The van der Waals surface area contributed by atoms with Gasteiger partial charge >= 0.3 is 12.1 Å². The SMILES string of the molecule is Cc1cc(OC(=O)CSc2ccc(C(F)(F)F)cn2)ccc1[N+](=O)[O-]. The molecular formula is C15H11F3N2O4S. The van der Waals surface area contributed by atoms with Gasteiger partial charge in [0, 0.05) is 17.8 Å². The predicted molar refractivity (Wildman–Crippen MR) is 83.4 cm³/mol. The van der Waals surface area contributed by atoms with Crippen molar-refractivity contribution in [1.29, 1.82) is 0 Å². The Morgan fingerprint density at radius 2 is 2.04 bits per heavy atom. The van der Waals surface area contributed by atoms with Crippen LogP contribution in [0.15, 0.2) is 41.6 Å². The van der Waals surface area contributed by atoms with Crippen LogP contribution < -0.4 is 4.74 Å². The summed E-state index contributed by atoms with van der Waals surface area (Å²) in [6.07, 6.45) is -3.78. The first-order chi connectivity index (χ1) is 11.7. The maximum Gasteiger partial charge on any atom is 0.417 e. The van der Waals surface area contributed by atoms with Crippen LogP contribution >= 0.6 is 11.8 Å². The number of pyridine rings is 1. The van der Waals surface area contributed by atoms with Crippen LogP contribution in [0.2, 0.25) is 0 Å². The minimum atomic E-state index is -4.47. The molecule has 1 aromatic heterocycles. The number of rotatable bonds is 5. The van der Waals surface area contributed by atoms with E-state index in [1.54, 1.807) is 0 Å². The second-order valence-corrected chi connectivity index (χ2v) is 5.85. The molecule has 2 rings (SSSR count). The van der Waals surface area contributed by atoms with Crippen molar-refractivity contribution in [3.8, 4) is 5.75 Å². The Kier molecular flexibility index (Phi) is 5.62. The van der Waals surface area contributed by atoms with Crippen molar-refractivity contribution in [3.63, 3.8) is 0 Å². The Balaban J connectivity index is 1.92. The number of carbonyl (C=O) groups excluding carboxylic acids is 1. The molecule has 1 aromatic carbocycles. The van der Waals surface area contributed by atoms with Gasteiger partial charge in [-0.1, -0.05) is 11.8 Å². The van der Waals surface area contributed by atoms with Gasteiger partial charge in [0.1, 0.15) is 5.75 Å². The second-order valence-electron chi connectivity index (χ2n) is 4.85. The number of esters is 1. The Hall–Kier alpha value is -2.62.